The lowest BCUT2D eigenvalue weighted by Crippen LogP contribution is -2.34. The third kappa shape index (κ3) is 4.13. The summed E-state index contributed by atoms with van der Waals surface area (Å²) in [5.74, 6) is -1.37. The minimum absolute atomic E-state index is 0.0847. The zero-order valence-corrected chi connectivity index (χ0v) is 17.8. The summed E-state index contributed by atoms with van der Waals surface area (Å²) in [4.78, 5) is 31.1. The van der Waals surface area contributed by atoms with Crippen LogP contribution in [0.3, 0.4) is 0 Å². The maximum atomic E-state index is 14.5. The molecule has 0 spiro atoms. The number of nitrogens with zero attached hydrogens (tertiary/aromatic N) is 2. The van der Waals surface area contributed by atoms with E-state index >= 15 is 0 Å². The molecule has 1 aliphatic rings. The Bertz CT molecular complexity index is 1190. The van der Waals surface area contributed by atoms with Crippen molar-refractivity contribution < 1.29 is 14.0 Å². The fourth-order valence-electron chi connectivity index (χ4n) is 4.04. The standard InChI is InChI=1S/C23H18Cl2FN3O2/c24-14-9-17-16(20(26)10-14)5-6-21(17)29(23(31)18-11-28-8-7-19(18)25)12-13-3-1-2-4-15(13)22(27)30/h1-4,7-11,21H,5-6,12H2,(H2,27,30)/t21-/m1/s1. The molecule has 158 valence electrons. The number of carbonyl (C=O) groups excluding carboxylic acids is 2. The average molecular weight is 458 g/mol. The molecule has 2 aromatic carbocycles. The van der Waals surface area contributed by atoms with Gasteiger partial charge in [0.1, 0.15) is 5.82 Å². The highest BCUT2D eigenvalue weighted by Crippen LogP contribution is 2.40. The first-order valence-electron chi connectivity index (χ1n) is 9.63. The van der Waals surface area contributed by atoms with Crippen molar-refractivity contribution in [3.05, 3.63) is 98.5 Å². The van der Waals surface area contributed by atoms with Crippen molar-refractivity contribution in [2.75, 3.05) is 0 Å². The average Bonchev–Trinajstić information content (AvgIpc) is 3.16. The van der Waals surface area contributed by atoms with E-state index in [1.807, 2.05) is 0 Å². The van der Waals surface area contributed by atoms with Crippen molar-refractivity contribution in [1.82, 2.24) is 9.88 Å². The minimum Gasteiger partial charge on any atom is -0.366 e. The summed E-state index contributed by atoms with van der Waals surface area (Å²) in [6.45, 7) is 0.0847. The fourth-order valence-corrected chi connectivity index (χ4v) is 4.44. The number of aromatic nitrogens is 1. The summed E-state index contributed by atoms with van der Waals surface area (Å²) >= 11 is 12.4. The first-order valence-corrected chi connectivity index (χ1v) is 10.4. The zero-order valence-electron chi connectivity index (χ0n) is 16.3. The summed E-state index contributed by atoms with van der Waals surface area (Å²) in [5, 5.41) is 0.510. The predicted octanol–water partition coefficient (Wildman–Crippen LogP) is 4.96. The van der Waals surface area contributed by atoms with E-state index in [0.29, 0.717) is 35.1 Å². The van der Waals surface area contributed by atoms with Crippen LogP contribution in [-0.2, 0) is 13.0 Å². The van der Waals surface area contributed by atoms with Crippen LogP contribution in [0.1, 0.15) is 49.9 Å². The van der Waals surface area contributed by atoms with E-state index in [9.17, 15) is 14.0 Å². The second kappa shape index (κ2) is 8.65. The van der Waals surface area contributed by atoms with E-state index in [1.165, 1.54) is 24.5 Å². The Kier molecular flexibility index (Phi) is 5.94. The van der Waals surface area contributed by atoms with Gasteiger partial charge in [0.2, 0.25) is 5.91 Å². The Balaban J connectivity index is 1.81. The smallest absolute Gasteiger partial charge is 0.257 e. The lowest BCUT2D eigenvalue weighted by atomic mass is 10.0. The van der Waals surface area contributed by atoms with Gasteiger partial charge >= 0.3 is 0 Å². The Labute approximate surface area is 188 Å². The molecule has 31 heavy (non-hydrogen) atoms. The highest BCUT2D eigenvalue weighted by Gasteiger charge is 2.34. The van der Waals surface area contributed by atoms with E-state index in [-0.39, 0.29) is 28.1 Å². The van der Waals surface area contributed by atoms with E-state index in [2.05, 4.69) is 4.98 Å². The maximum Gasteiger partial charge on any atom is 0.257 e. The molecule has 2 N–H and O–H groups in total. The minimum atomic E-state index is -0.594. The number of primary amides is 1. The number of fused-ring (bicyclic) bond motifs is 1. The first-order chi connectivity index (χ1) is 14.9. The Morgan fingerprint density at radius 2 is 1.94 bits per heavy atom. The van der Waals surface area contributed by atoms with Crippen LogP contribution in [0.5, 0.6) is 0 Å². The summed E-state index contributed by atoms with van der Waals surface area (Å²) in [5.41, 5.74) is 7.83. The third-order valence-corrected chi connectivity index (χ3v) is 6.03. The molecule has 2 amide bonds. The van der Waals surface area contributed by atoms with Gasteiger partial charge in [0, 0.05) is 29.5 Å². The number of benzene rings is 2. The van der Waals surface area contributed by atoms with Crippen LogP contribution in [0.2, 0.25) is 10.0 Å². The molecule has 1 aliphatic carbocycles. The molecule has 0 unspecified atom stereocenters. The van der Waals surface area contributed by atoms with E-state index in [1.54, 1.807) is 35.2 Å². The Morgan fingerprint density at radius 3 is 2.68 bits per heavy atom. The normalized spacial score (nSPS) is 14.9. The molecule has 0 radical (unpaired) electrons. The van der Waals surface area contributed by atoms with Gasteiger partial charge in [-0.2, -0.15) is 0 Å². The van der Waals surface area contributed by atoms with Crippen LogP contribution in [0.15, 0.2) is 54.9 Å². The number of hydrogen-bond acceptors (Lipinski definition) is 3. The van der Waals surface area contributed by atoms with Gasteiger partial charge in [-0.1, -0.05) is 41.4 Å². The van der Waals surface area contributed by atoms with Crippen LogP contribution in [0, 0.1) is 5.82 Å². The molecule has 1 aromatic heterocycles. The molecule has 0 saturated heterocycles. The van der Waals surface area contributed by atoms with Crippen LogP contribution < -0.4 is 5.73 Å². The number of carbonyl (C=O) groups is 2. The SMILES string of the molecule is NC(=O)c1ccccc1CN(C(=O)c1cnccc1Cl)[C@@H]1CCc2c(F)cc(Cl)cc21. The monoisotopic (exact) mass is 457 g/mol. The van der Waals surface area contributed by atoms with Gasteiger partial charge in [0.05, 0.1) is 16.6 Å². The van der Waals surface area contributed by atoms with Crippen molar-refractivity contribution in [3.8, 4) is 0 Å². The quantitative estimate of drug-likeness (QED) is 0.588. The van der Waals surface area contributed by atoms with E-state index in [4.69, 9.17) is 28.9 Å². The fraction of sp³-hybridized carbons (Fsp3) is 0.174. The largest absolute Gasteiger partial charge is 0.366 e. The van der Waals surface area contributed by atoms with Crippen LogP contribution >= 0.6 is 23.2 Å². The molecule has 0 fully saturated rings. The summed E-state index contributed by atoms with van der Waals surface area (Å²) in [6, 6.07) is 10.8. The Morgan fingerprint density at radius 1 is 1.16 bits per heavy atom. The molecule has 4 rings (SSSR count). The molecular weight excluding hydrogens is 440 g/mol. The number of pyridine rings is 1. The zero-order chi connectivity index (χ0) is 22.1. The van der Waals surface area contributed by atoms with Crippen molar-refractivity contribution in [2.24, 2.45) is 5.73 Å². The van der Waals surface area contributed by atoms with Gasteiger partial charge < -0.3 is 10.6 Å². The highest BCUT2D eigenvalue weighted by molar-refractivity contribution is 6.33. The number of rotatable bonds is 5. The lowest BCUT2D eigenvalue weighted by molar-refractivity contribution is 0.0656. The Hall–Kier alpha value is -2.96. The number of amides is 2. The van der Waals surface area contributed by atoms with Crippen molar-refractivity contribution in [2.45, 2.75) is 25.4 Å². The molecular formula is C23H18Cl2FN3O2. The van der Waals surface area contributed by atoms with E-state index in [0.717, 1.165) is 0 Å². The molecule has 0 bridgehead atoms. The van der Waals surface area contributed by atoms with Crippen LogP contribution in [0.4, 0.5) is 4.39 Å². The molecule has 0 aliphatic heterocycles. The molecule has 1 heterocycles. The molecule has 0 saturated carbocycles. The molecule has 1 atom stereocenters. The van der Waals surface area contributed by atoms with Crippen LogP contribution in [0.25, 0.3) is 0 Å². The third-order valence-electron chi connectivity index (χ3n) is 5.48. The van der Waals surface area contributed by atoms with E-state index < -0.39 is 17.8 Å². The molecule has 3 aromatic rings. The number of hydrogen-bond donors (Lipinski definition) is 1. The highest BCUT2D eigenvalue weighted by atomic mass is 35.5. The van der Waals surface area contributed by atoms with Gasteiger partial charge in [-0.15, -0.1) is 0 Å². The number of nitrogens with two attached hydrogens (primary N) is 1. The van der Waals surface area contributed by atoms with Crippen LogP contribution in [-0.4, -0.2) is 21.7 Å². The van der Waals surface area contributed by atoms with Gasteiger partial charge in [-0.25, -0.2) is 4.39 Å². The molecule has 8 heteroatoms. The summed E-state index contributed by atoms with van der Waals surface area (Å²) in [7, 11) is 0. The topological polar surface area (TPSA) is 76.3 Å². The van der Waals surface area contributed by atoms with Gasteiger partial charge in [0.15, 0.2) is 0 Å². The van der Waals surface area contributed by atoms with Crippen molar-refractivity contribution in [1.29, 1.82) is 0 Å². The molecule has 5 nitrogen and oxygen atoms in total. The first kappa shape index (κ1) is 21.3. The van der Waals surface area contributed by atoms with Crippen molar-refractivity contribution in [3.63, 3.8) is 0 Å². The number of halogens is 3. The van der Waals surface area contributed by atoms with Gasteiger partial charge in [0.25, 0.3) is 5.91 Å². The predicted molar refractivity (Wildman–Crippen MR) is 117 cm³/mol. The van der Waals surface area contributed by atoms with Gasteiger partial charge in [-0.3, -0.25) is 14.6 Å². The second-order valence-corrected chi connectivity index (χ2v) is 8.16. The lowest BCUT2D eigenvalue weighted by Gasteiger charge is -2.31. The maximum absolute atomic E-state index is 14.5. The summed E-state index contributed by atoms with van der Waals surface area (Å²) in [6.07, 6.45) is 3.86. The second-order valence-electron chi connectivity index (χ2n) is 7.32. The van der Waals surface area contributed by atoms with Crippen molar-refractivity contribution >= 4 is 35.0 Å². The summed E-state index contributed by atoms with van der Waals surface area (Å²) < 4.78 is 14.5. The van der Waals surface area contributed by atoms with Gasteiger partial charge in [-0.05, 0) is 53.8 Å².